The Balaban J connectivity index is 1.92. The fraction of sp³-hybridized carbons (Fsp3) is 0.417. The van der Waals surface area contributed by atoms with E-state index in [-0.39, 0.29) is 18.1 Å². The first-order chi connectivity index (χ1) is 16.1. The lowest BCUT2D eigenvalue weighted by atomic mass is 10.1. The molecule has 0 fully saturated rings. The molecule has 10 heteroatoms. The third-order valence-electron chi connectivity index (χ3n) is 5.45. The number of likely N-dealkylation sites (N-methyl/N-ethyl adjacent to an activating group) is 1. The quantitative estimate of drug-likeness (QED) is 0.578. The molecule has 2 aromatic carbocycles. The number of nitrogens with one attached hydrogen (secondary N) is 1. The van der Waals surface area contributed by atoms with Gasteiger partial charge in [0.1, 0.15) is 25.8 Å². The molecule has 0 aliphatic carbocycles. The summed E-state index contributed by atoms with van der Waals surface area (Å²) in [6.07, 6.45) is 1.04. The number of ether oxygens (including phenoxy) is 2. The van der Waals surface area contributed by atoms with Gasteiger partial charge in [0.2, 0.25) is 21.8 Å². The number of carbonyl (C=O) groups is 2. The SMILES string of the molecule is CCNC(=O)C(C)N(Cc1cccc(C)c1)C(=O)CN(c1ccc2c(c1)OCCO2)S(C)(=O)=O. The number of fused-ring (bicyclic) bond motifs is 1. The van der Waals surface area contributed by atoms with E-state index in [0.29, 0.717) is 31.3 Å². The van der Waals surface area contributed by atoms with Crippen molar-refractivity contribution in [2.75, 3.05) is 36.9 Å². The van der Waals surface area contributed by atoms with Crippen molar-refractivity contribution in [2.45, 2.75) is 33.4 Å². The highest BCUT2D eigenvalue weighted by molar-refractivity contribution is 7.92. The Hall–Kier alpha value is -3.27. The van der Waals surface area contributed by atoms with Crippen LogP contribution in [0.1, 0.15) is 25.0 Å². The maximum atomic E-state index is 13.5. The van der Waals surface area contributed by atoms with Gasteiger partial charge in [-0.3, -0.25) is 13.9 Å². The average molecular weight is 490 g/mol. The van der Waals surface area contributed by atoms with Gasteiger partial charge in [-0.15, -0.1) is 0 Å². The van der Waals surface area contributed by atoms with E-state index >= 15 is 0 Å². The molecule has 0 spiro atoms. The molecule has 1 aliphatic heterocycles. The summed E-state index contributed by atoms with van der Waals surface area (Å²) in [5.41, 5.74) is 2.14. The highest BCUT2D eigenvalue weighted by atomic mass is 32.2. The van der Waals surface area contributed by atoms with Crippen LogP contribution in [-0.2, 0) is 26.2 Å². The average Bonchev–Trinajstić information content (AvgIpc) is 2.79. The van der Waals surface area contributed by atoms with Crippen LogP contribution in [0.2, 0.25) is 0 Å². The number of hydrogen-bond donors (Lipinski definition) is 1. The molecule has 0 radical (unpaired) electrons. The molecule has 1 unspecified atom stereocenters. The first kappa shape index (κ1) is 25.4. The van der Waals surface area contributed by atoms with Crippen LogP contribution < -0.4 is 19.1 Å². The predicted octanol–water partition coefficient (Wildman–Crippen LogP) is 2.09. The summed E-state index contributed by atoms with van der Waals surface area (Å²) in [4.78, 5) is 27.5. The standard InChI is InChI=1S/C24H31N3O6S/c1-5-25-24(29)18(3)26(15-19-8-6-7-17(2)13-19)23(28)16-27(34(4,30)31)20-9-10-21-22(14-20)33-12-11-32-21/h6-10,13-14,18H,5,11-12,15-16H2,1-4H3,(H,25,29). The Morgan fingerprint density at radius 2 is 1.79 bits per heavy atom. The maximum absolute atomic E-state index is 13.5. The van der Waals surface area contributed by atoms with Gasteiger partial charge in [-0.05, 0) is 38.5 Å². The van der Waals surface area contributed by atoms with Crippen LogP contribution in [0, 0.1) is 6.92 Å². The largest absolute Gasteiger partial charge is 0.486 e. The van der Waals surface area contributed by atoms with Gasteiger partial charge in [0.15, 0.2) is 11.5 Å². The lowest BCUT2D eigenvalue weighted by molar-refractivity contribution is -0.139. The monoisotopic (exact) mass is 489 g/mol. The van der Waals surface area contributed by atoms with Crippen LogP contribution in [0.25, 0.3) is 0 Å². The van der Waals surface area contributed by atoms with E-state index in [1.54, 1.807) is 32.0 Å². The van der Waals surface area contributed by atoms with Gasteiger partial charge >= 0.3 is 0 Å². The molecule has 2 aromatic rings. The first-order valence-corrected chi connectivity index (χ1v) is 12.9. The second-order valence-electron chi connectivity index (χ2n) is 8.18. The van der Waals surface area contributed by atoms with E-state index in [9.17, 15) is 18.0 Å². The number of carbonyl (C=O) groups excluding carboxylic acids is 2. The summed E-state index contributed by atoms with van der Waals surface area (Å²) in [5, 5.41) is 2.73. The summed E-state index contributed by atoms with van der Waals surface area (Å²) in [6, 6.07) is 11.6. The van der Waals surface area contributed by atoms with Crippen molar-refractivity contribution in [3.8, 4) is 11.5 Å². The number of aryl methyl sites for hydroxylation is 1. The summed E-state index contributed by atoms with van der Waals surface area (Å²) in [6.45, 7) is 6.25. The van der Waals surface area contributed by atoms with E-state index < -0.39 is 28.5 Å². The molecule has 1 aliphatic rings. The highest BCUT2D eigenvalue weighted by Crippen LogP contribution is 2.34. The zero-order valence-electron chi connectivity index (χ0n) is 19.9. The third kappa shape index (κ3) is 6.19. The Bertz CT molecular complexity index is 1150. The van der Waals surface area contributed by atoms with E-state index in [4.69, 9.17) is 9.47 Å². The van der Waals surface area contributed by atoms with Crippen molar-refractivity contribution in [3.63, 3.8) is 0 Å². The van der Waals surface area contributed by atoms with Crippen molar-refractivity contribution in [1.82, 2.24) is 10.2 Å². The molecule has 34 heavy (non-hydrogen) atoms. The van der Waals surface area contributed by atoms with Crippen molar-refractivity contribution >= 4 is 27.5 Å². The second kappa shape index (κ2) is 10.8. The molecule has 184 valence electrons. The molecule has 0 bridgehead atoms. The van der Waals surface area contributed by atoms with E-state index in [1.165, 1.54) is 4.90 Å². The number of amides is 2. The van der Waals surface area contributed by atoms with Crippen molar-refractivity contribution in [1.29, 1.82) is 0 Å². The van der Waals surface area contributed by atoms with E-state index in [0.717, 1.165) is 21.7 Å². The second-order valence-corrected chi connectivity index (χ2v) is 10.1. The lowest BCUT2D eigenvalue weighted by Crippen LogP contribution is -2.51. The Morgan fingerprint density at radius 1 is 1.09 bits per heavy atom. The van der Waals surface area contributed by atoms with Crippen LogP contribution in [0.5, 0.6) is 11.5 Å². The van der Waals surface area contributed by atoms with Crippen LogP contribution in [-0.4, -0.2) is 63.7 Å². The van der Waals surface area contributed by atoms with Crippen LogP contribution >= 0.6 is 0 Å². The maximum Gasteiger partial charge on any atom is 0.244 e. The fourth-order valence-electron chi connectivity index (χ4n) is 3.71. The Kier molecular flexibility index (Phi) is 8.03. The van der Waals surface area contributed by atoms with Crippen molar-refractivity contribution < 1.29 is 27.5 Å². The van der Waals surface area contributed by atoms with Crippen molar-refractivity contribution in [3.05, 3.63) is 53.6 Å². The normalized spacial score (nSPS) is 13.6. The number of rotatable bonds is 9. The zero-order valence-corrected chi connectivity index (χ0v) is 20.7. The number of anilines is 1. The summed E-state index contributed by atoms with van der Waals surface area (Å²) in [7, 11) is -3.82. The fourth-order valence-corrected chi connectivity index (χ4v) is 4.55. The summed E-state index contributed by atoms with van der Waals surface area (Å²) in [5.74, 6) is 0.118. The first-order valence-electron chi connectivity index (χ1n) is 11.1. The topological polar surface area (TPSA) is 105 Å². The van der Waals surface area contributed by atoms with Crippen molar-refractivity contribution in [2.24, 2.45) is 0 Å². The van der Waals surface area contributed by atoms with Gasteiger partial charge in [-0.25, -0.2) is 8.42 Å². The number of hydrogen-bond acceptors (Lipinski definition) is 6. The number of sulfonamides is 1. The van der Waals surface area contributed by atoms with Gasteiger partial charge in [0.05, 0.1) is 11.9 Å². The summed E-state index contributed by atoms with van der Waals surface area (Å²) < 4.78 is 37.4. The number of benzene rings is 2. The molecule has 2 amide bonds. The van der Waals surface area contributed by atoms with Gasteiger partial charge in [0, 0.05) is 19.2 Å². The molecule has 1 heterocycles. The van der Waals surface area contributed by atoms with E-state index in [2.05, 4.69) is 5.32 Å². The Morgan fingerprint density at radius 3 is 2.44 bits per heavy atom. The Labute approximate surface area is 200 Å². The van der Waals surface area contributed by atoms with Gasteiger partial charge < -0.3 is 19.7 Å². The minimum Gasteiger partial charge on any atom is -0.486 e. The molecule has 1 atom stereocenters. The molecule has 0 saturated carbocycles. The molecule has 3 rings (SSSR count). The lowest BCUT2D eigenvalue weighted by Gasteiger charge is -2.31. The van der Waals surface area contributed by atoms with Gasteiger partial charge in [0.25, 0.3) is 0 Å². The smallest absolute Gasteiger partial charge is 0.244 e. The molecular formula is C24H31N3O6S. The minimum atomic E-state index is -3.82. The van der Waals surface area contributed by atoms with Crippen LogP contribution in [0.15, 0.2) is 42.5 Å². The van der Waals surface area contributed by atoms with Gasteiger partial charge in [-0.2, -0.15) is 0 Å². The third-order valence-corrected chi connectivity index (χ3v) is 6.59. The zero-order chi connectivity index (χ0) is 24.9. The predicted molar refractivity (Wildman–Crippen MR) is 129 cm³/mol. The molecular weight excluding hydrogens is 458 g/mol. The highest BCUT2D eigenvalue weighted by Gasteiger charge is 2.30. The summed E-state index contributed by atoms with van der Waals surface area (Å²) >= 11 is 0. The van der Waals surface area contributed by atoms with Gasteiger partial charge in [-0.1, -0.05) is 29.8 Å². The molecule has 9 nitrogen and oxygen atoms in total. The van der Waals surface area contributed by atoms with E-state index in [1.807, 2.05) is 31.2 Å². The number of nitrogens with zero attached hydrogens (tertiary/aromatic N) is 2. The van der Waals surface area contributed by atoms with Crippen LogP contribution in [0.3, 0.4) is 0 Å². The molecule has 0 saturated heterocycles. The van der Waals surface area contributed by atoms with Crippen LogP contribution in [0.4, 0.5) is 5.69 Å². The molecule has 1 N–H and O–H groups in total. The minimum absolute atomic E-state index is 0.164. The molecule has 0 aromatic heterocycles.